The van der Waals surface area contributed by atoms with Crippen molar-refractivity contribution in [1.82, 2.24) is 0 Å². The summed E-state index contributed by atoms with van der Waals surface area (Å²) in [7, 11) is 0. The molecule has 0 saturated carbocycles. The number of benzene rings is 3. The van der Waals surface area contributed by atoms with E-state index in [1.165, 1.54) is 0 Å². The minimum atomic E-state index is -0.387. The molecule has 0 aliphatic carbocycles. The van der Waals surface area contributed by atoms with Crippen molar-refractivity contribution in [3.8, 4) is 0 Å². The fourth-order valence-electron chi connectivity index (χ4n) is 3.80. The van der Waals surface area contributed by atoms with Crippen LogP contribution in [0.15, 0.2) is 72.8 Å². The van der Waals surface area contributed by atoms with Crippen molar-refractivity contribution < 1.29 is 9.59 Å². The third-order valence-electron chi connectivity index (χ3n) is 5.42. The highest BCUT2D eigenvalue weighted by atomic mass is 35.5. The zero-order valence-electron chi connectivity index (χ0n) is 16.8. The lowest BCUT2D eigenvalue weighted by Gasteiger charge is -2.27. The van der Waals surface area contributed by atoms with Crippen molar-refractivity contribution in [1.29, 1.82) is 0 Å². The van der Waals surface area contributed by atoms with E-state index in [1.54, 1.807) is 35.2 Å². The van der Waals surface area contributed by atoms with Crippen molar-refractivity contribution >= 4 is 34.8 Å². The molecular weight excluding hydrogens is 396 g/mol. The van der Waals surface area contributed by atoms with E-state index in [1.807, 2.05) is 43.3 Å². The molecule has 1 atom stereocenters. The molecule has 152 valence electrons. The Balaban J connectivity index is 1.55. The molecule has 5 heteroatoms. The summed E-state index contributed by atoms with van der Waals surface area (Å²) >= 11 is 6.59. The lowest BCUT2D eigenvalue weighted by molar-refractivity contribution is 0.0982. The van der Waals surface area contributed by atoms with E-state index in [0.29, 0.717) is 16.8 Å². The molecule has 1 aliphatic rings. The third kappa shape index (κ3) is 4.10. The summed E-state index contributed by atoms with van der Waals surface area (Å²) in [6, 6.07) is 22.3. The van der Waals surface area contributed by atoms with Crippen molar-refractivity contribution in [3.05, 3.63) is 95.1 Å². The zero-order chi connectivity index (χ0) is 21.1. The van der Waals surface area contributed by atoms with Crippen LogP contribution in [-0.2, 0) is 6.42 Å². The van der Waals surface area contributed by atoms with Gasteiger partial charge in [0.2, 0.25) is 0 Å². The number of carbonyl (C=O) groups is 2. The average Bonchev–Trinajstić information content (AvgIpc) is 2.92. The van der Waals surface area contributed by atoms with Gasteiger partial charge in [-0.2, -0.15) is 0 Å². The van der Waals surface area contributed by atoms with Crippen LogP contribution in [0.5, 0.6) is 0 Å². The topological polar surface area (TPSA) is 49.4 Å². The Morgan fingerprint density at radius 2 is 1.67 bits per heavy atom. The van der Waals surface area contributed by atoms with E-state index >= 15 is 0 Å². The van der Waals surface area contributed by atoms with Crippen LogP contribution in [0.4, 0.5) is 11.4 Å². The van der Waals surface area contributed by atoms with Crippen LogP contribution < -0.4 is 10.2 Å². The highest BCUT2D eigenvalue weighted by Crippen LogP contribution is 2.32. The van der Waals surface area contributed by atoms with Gasteiger partial charge in [0.1, 0.15) is 5.50 Å². The number of anilines is 2. The van der Waals surface area contributed by atoms with E-state index in [-0.39, 0.29) is 17.3 Å². The first-order valence-electron chi connectivity index (χ1n) is 10.1. The summed E-state index contributed by atoms with van der Waals surface area (Å²) in [4.78, 5) is 27.5. The maximum atomic E-state index is 13.3. The van der Waals surface area contributed by atoms with Gasteiger partial charge in [0.15, 0.2) is 0 Å². The number of hydrogen-bond donors (Lipinski definition) is 1. The Bertz CT molecular complexity index is 1080. The average molecular weight is 419 g/mol. The molecule has 0 aromatic heterocycles. The number of fused-ring (bicyclic) bond motifs is 1. The second-order valence-electron chi connectivity index (χ2n) is 7.48. The Labute approximate surface area is 181 Å². The summed E-state index contributed by atoms with van der Waals surface area (Å²) in [5, 5.41) is 2.89. The van der Waals surface area contributed by atoms with Crippen LogP contribution in [0, 0.1) is 6.92 Å². The minimum Gasteiger partial charge on any atom is -0.322 e. The molecule has 0 fully saturated rings. The number of aryl methyl sites for hydroxylation is 2. The van der Waals surface area contributed by atoms with Crippen LogP contribution >= 0.6 is 11.6 Å². The number of hydrogen-bond acceptors (Lipinski definition) is 2. The van der Waals surface area contributed by atoms with Crippen LogP contribution in [0.2, 0.25) is 0 Å². The second kappa shape index (κ2) is 8.72. The van der Waals surface area contributed by atoms with Gasteiger partial charge >= 0.3 is 0 Å². The molecule has 3 aromatic carbocycles. The number of carbonyl (C=O) groups excluding carboxylic acids is 2. The largest absolute Gasteiger partial charge is 0.322 e. The van der Waals surface area contributed by atoms with E-state index in [9.17, 15) is 9.59 Å². The maximum Gasteiger partial charge on any atom is 0.259 e. The number of nitrogens with one attached hydrogen (secondary N) is 1. The molecule has 1 heterocycles. The van der Waals surface area contributed by atoms with Crippen LogP contribution in [0.1, 0.15) is 44.7 Å². The zero-order valence-corrected chi connectivity index (χ0v) is 17.5. The molecule has 0 saturated heterocycles. The Morgan fingerprint density at radius 1 is 0.967 bits per heavy atom. The van der Waals surface area contributed by atoms with Crippen molar-refractivity contribution in [2.24, 2.45) is 0 Å². The molecule has 1 N–H and O–H groups in total. The van der Waals surface area contributed by atoms with Crippen molar-refractivity contribution in [2.45, 2.75) is 31.7 Å². The fourth-order valence-corrected chi connectivity index (χ4v) is 4.14. The molecule has 30 heavy (non-hydrogen) atoms. The number of rotatable bonds is 3. The van der Waals surface area contributed by atoms with Gasteiger partial charge in [0.25, 0.3) is 11.8 Å². The van der Waals surface area contributed by atoms with E-state index in [4.69, 9.17) is 11.6 Å². The predicted octanol–water partition coefficient (Wildman–Crippen LogP) is 5.80. The highest BCUT2D eigenvalue weighted by Gasteiger charge is 2.28. The van der Waals surface area contributed by atoms with Crippen molar-refractivity contribution in [3.63, 3.8) is 0 Å². The summed E-state index contributed by atoms with van der Waals surface area (Å²) in [5.41, 5.74) is 4.33. The smallest absolute Gasteiger partial charge is 0.259 e. The van der Waals surface area contributed by atoms with E-state index < -0.39 is 0 Å². The lowest BCUT2D eigenvalue weighted by Crippen LogP contribution is -2.37. The first kappa shape index (κ1) is 20.2. The normalized spacial score (nSPS) is 15.8. The highest BCUT2D eigenvalue weighted by molar-refractivity contribution is 6.26. The lowest BCUT2D eigenvalue weighted by atomic mass is 10.1. The Morgan fingerprint density at radius 3 is 2.43 bits per heavy atom. The summed E-state index contributed by atoms with van der Waals surface area (Å²) in [6.07, 6.45) is 2.60. The molecule has 1 aliphatic heterocycles. The van der Waals surface area contributed by atoms with Crippen molar-refractivity contribution in [2.75, 3.05) is 10.2 Å². The second-order valence-corrected chi connectivity index (χ2v) is 7.98. The summed E-state index contributed by atoms with van der Waals surface area (Å²) < 4.78 is 0. The number of halogens is 1. The number of alkyl halides is 1. The van der Waals surface area contributed by atoms with E-state index in [0.717, 1.165) is 36.1 Å². The molecule has 0 radical (unpaired) electrons. The Kier molecular flexibility index (Phi) is 5.86. The maximum absolute atomic E-state index is 13.3. The van der Waals surface area contributed by atoms with Crippen LogP contribution in [0.3, 0.4) is 0 Å². The molecule has 4 rings (SSSR count). The van der Waals surface area contributed by atoms with Crippen LogP contribution in [0.25, 0.3) is 0 Å². The molecule has 2 amide bonds. The van der Waals surface area contributed by atoms with Gasteiger partial charge in [0.05, 0.1) is 0 Å². The van der Waals surface area contributed by atoms with Gasteiger partial charge < -0.3 is 5.32 Å². The quantitative estimate of drug-likeness (QED) is 0.432. The monoisotopic (exact) mass is 418 g/mol. The Hall–Kier alpha value is -3.11. The van der Waals surface area contributed by atoms with Gasteiger partial charge in [0, 0.05) is 22.5 Å². The number of para-hydroxylation sites is 1. The van der Waals surface area contributed by atoms with Gasteiger partial charge in [-0.25, -0.2) is 0 Å². The molecule has 3 aromatic rings. The SMILES string of the molecule is Cc1ccccc1C(=O)Nc1ccc(C(=O)N2c3ccccc3CCCC2Cl)cc1. The molecule has 1 unspecified atom stereocenters. The summed E-state index contributed by atoms with van der Waals surface area (Å²) in [5.74, 6) is -0.310. The fraction of sp³-hybridized carbons (Fsp3) is 0.200. The first-order chi connectivity index (χ1) is 14.5. The number of nitrogens with zero attached hydrogens (tertiary/aromatic N) is 1. The van der Waals surface area contributed by atoms with Crippen LogP contribution in [-0.4, -0.2) is 17.3 Å². The van der Waals surface area contributed by atoms with Gasteiger partial charge in [-0.3, -0.25) is 14.5 Å². The first-order valence-corrected chi connectivity index (χ1v) is 10.5. The molecular formula is C25H23ClN2O2. The van der Waals surface area contributed by atoms with Gasteiger partial charge in [-0.1, -0.05) is 48.0 Å². The third-order valence-corrected chi connectivity index (χ3v) is 5.83. The summed E-state index contributed by atoms with van der Waals surface area (Å²) in [6.45, 7) is 1.90. The molecule has 4 nitrogen and oxygen atoms in total. The minimum absolute atomic E-state index is 0.138. The molecule has 0 bridgehead atoms. The van der Waals surface area contributed by atoms with E-state index in [2.05, 4.69) is 11.4 Å². The molecule has 0 spiro atoms. The number of amides is 2. The standard InChI is InChI=1S/C25H23ClN2O2/c1-17-7-2-4-10-21(17)24(29)27-20-15-13-19(14-16-20)25(30)28-22-11-5-3-8-18(22)9-6-12-23(28)26/h2-5,7-8,10-11,13-16,23H,6,9,12H2,1H3,(H,27,29). The van der Waals surface area contributed by atoms with Gasteiger partial charge in [-0.05, 0) is 73.7 Å². The predicted molar refractivity (Wildman–Crippen MR) is 121 cm³/mol. The van der Waals surface area contributed by atoms with Gasteiger partial charge in [-0.15, -0.1) is 0 Å².